The van der Waals surface area contributed by atoms with Gasteiger partial charge in [-0.3, -0.25) is 0 Å². The summed E-state index contributed by atoms with van der Waals surface area (Å²) >= 11 is 0. The van der Waals surface area contributed by atoms with E-state index in [1.807, 2.05) is 0 Å². The summed E-state index contributed by atoms with van der Waals surface area (Å²) in [7, 11) is 6.57. The highest BCUT2D eigenvalue weighted by molar-refractivity contribution is 5.14. The molecule has 2 aliphatic heterocycles. The molecule has 0 N–H and O–H groups in total. The zero-order valence-electron chi connectivity index (χ0n) is 10.4. The molecule has 2 rings (SSSR count). The fraction of sp³-hybridized carbons (Fsp3) is 0.833. The molecule has 15 heavy (non-hydrogen) atoms. The Morgan fingerprint density at radius 2 is 1.73 bits per heavy atom. The van der Waals surface area contributed by atoms with Crippen LogP contribution in [0.1, 0.15) is 19.8 Å². The highest BCUT2D eigenvalue weighted by Gasteiger charge is 2.34. The molecule has 3 heteroatoms. The monoisotopic (exact) mass is 209 g/mol. The number of hydrazine groups is 1. The minimum atomic E-state index is 0.642. The van der Waals surface area contributed by atoms with Crippen LogP contribution in [0, 0.1) is 5.92 Å². The minimum absolute atomic E-state index is 0.642. The zero-order valence-corrected chi connectivity index (χ0v) is 10.4. The predicted octanol–water partition coefficient (Wildman–Crippen LogP) is 1.39. The average molecular weight is 209 g/mol. The first-order valence-electron chi connectivity index (χ1n) is 5.92. The molecule has 1 fully saturated rings. The Morgan fingerprint density at radius 1 is 1.13 bits per heavy atom. The highest BCUT2D eigenvalue weighted by atomic mass is 15.6. The lowest BCUT2D eigenvalue weighted by Crippen LogP contribution is -2.44. The molecule has 0 aromatic carbocycles. The summed E-state index contributed by atoms with van der Waals surface area (Å²) in [6.45, 7) is 4.78. The fourth-order valence-electron chi connectivity index (χ4n) is 2.97. The predicted molar refractivity (Wildman–Crippen MR) is 63.3 cm³/mol. The second kappa shape index (κ2) is 4.14. The van der Waals surface area contributed by atoms with Crippen molar-refractivity contribution in [2.45, 2.75) is 25.8 Å². The Hall–Kier alpha value is -0.540. The van der Waals surface area contributed by atoms with Crippen molar-refractivity contribution in [1.82, 2.24) is 14.9 Å². The van der Waals surface area contributed by atoms with E-state index in [0.717, 1.165) is 5.92 Å². The van der Waals surface area contributed by atoms with Gasteiger partial charge < -0.3 is 9.91 Å². The summed E-state index contributed by atoms with van der Waals surface area (Å²) in [5.41, 5.74) is 1.52. The number of hydrogen-bond donors (Lipinski definition) is 0. The van der Waals surface area contributed by atoms with Gasteiger partial charge in [-0.2, -0.15) is 0 Å². The fourth-order valence-corrected chi connectivity index (χ4v) is 2.97. The second-order valence-electron chi connectivity index (χ2n) is 5.11. The van der Waals surface area contributed by atoms with E-state index >= 15 is 0 Å². The molecule has 1 saturated heterocycles. The molecule has 86 valence electrons. The Kier molecular flexibility index (Phi) is 3.03. The van der Waals surface area contributed by atoms with Crippen LogP contribution in [0.2, 0.25) is 0 Å². The van der Waals surface area contributed by atoms with E-state index in [2.05, 4.69) is 49.2 Å². The SMILES string of the molecule is CC1=CN(C)N(C)C1C1CCN(C)CC1. The Labute approximate surface area is 93.3 Å². The first kappa shape index (κ1) is 11.0. The minimum Gasteiger partial charge on any atom is -0.316 e. The van der Waals surface area contributed by atoms with E-state index in [0.29, 0.717) is 6.04 Å². The summed E-state index contributed by atoms with van der Waals surface area (Å²) in [5, 5.41) is 4.60. The number of likely N-dealkylation sites (N-methyl/N-ethyl adjacent to an activating group) is 1. The molecule has 0 aromatic rings. The lowest BCUT2D eigenvalue weighted by molar-refractivity contribution is 0.0299. The van der Waals surface area contributed by atoms with Gasteiger partial charge in [0, 0.05) is 20.3 Å². The van der Waals surface area contributed by atoms with Crippen molar-refractivity contribution in [1.29, 1.82) is 0 Å². The molecular formula is C12H23N3. The molecule has 1 unspecified atom stereocenters. The number of hydrogen-bond acceptors (Lipinski definition) is 3. The largest absolute Gasteiger partial charge is 0.316 e. The zero-order chi connectivity index (χ0) is 11.0. The van der Waals surface area contributed by atoms with Gasteiger partial charge in [0.25, 0.3) is 0 Å². The van der Waals surface area contributed by atoms with E-state index in [9.17, 15) is 0 Å². The smallest absolute Gasteiger partial charge is 0.0543 e. The third kappa shape index (κ3) is 2.04. The molecular weight excluding hydrogens is 186 g/mol. The molecule has 2 aliphatic rings. The Balaban J connectivity index is 2.02. The van der Waals surface area contributed by atoms with Crippen molar-refractivity contribution >= 4 is 0 Å². The van der Waals surface area contributed by atoms with Gasteiger partial charge in [0.2, 0.25) is 0 Å². The first-order chi connectivity index (χ1) is 7.09. The van der Waals surface area contributed by atoms with Gasteiger partial charge in [-0.1, -0.05) is 0 Å². The summed E-state index contributed by atoms with van der Waals surface area (Å²) < 4.78 is 0. The van der Waals surface area contributed by atoms with Crippen LogP contribution in [0.15, 0.2) is 11.8 Å². The molecule has 3 nitrogen and oxygen atoms in total. The van der Waals surface area contributed by atoms with E-state index in [-0.39, 0.29) is 0 Å². The van der Waals surface area contributed by atoms with Gasteiger partial charge in [-0.05, 0) is 51.4 Å². The third-order valence-electron chi connectivity index (χ3n) is 3.97. The van der Waals surface area contributed by atoms with Crippen LogP contribution < -0.4 is 0 Å². The summed E-state index contributed by atoms with van der Waals surface area (Å²) in [6, 6.07) is 0.642. The number of nitrogens with zero attached hydrogens (tertiary/aromatic N) is 3. The maximum absolute atomic E-state index is 2.44. The summed E-state index contributed by atoms with van der Waals surface area (Å²) in [6.07, 6.45) is 4.94. The maximum Gasteiger partial charge on any atom is 0.0543 e. The molecule has 1 atom stereocenters. The topological polar surface area (TPSA) is 9.72 Å². The quantitative estimate of drug-likeness (QED) is 0.646. The number of piperidine rings is 1. The average Bonchev–Trinajstić information content (AvgIpc) is 2.44. The molecule has 0 spiro atoms. The molecule has 2 heterocycles. The van der Waals surface area contributed by atoms with E-state index in [4.69, 9.17) is 0 Å². The van der Waals surface area contributed by atoms with Gasteiger partial charge in [0.05, 0.1) is 6.04 Å². The van der Waals surface area contributed by atoms with Crippen molar-refractivity contribution in [2.75, 3.05) is 34.2 Å². The van der Waals surface area contributed by atoms with E-state index in [1.54, 1.807) is 0 Å². The first-order valence-corrected chi connectivity index (χ1v) is 5.92. The van der Waals surface area contributed by atoms with Crippen molar-refractivity contribution in [3.63, 3.8) is 0 Å². The van der Waals surface area contributed by atoms with Gasteiger partial charge in [0.15, 0.2) is 0 Å². The van der Waals surface area contributed by atoms with Crippen LogP contribution in [0.3, 0.4) is 0 Å². The van der Waals surface area contributed by atoms with Crippen molar-refractivity contribution in [3.05, 3.63) is 11.8 Å². The van der Waals surface area contributed by atoms with Crippen molar-refractivity contribution < 1.29 is 0 Å². The van der Waals surface area contributed by atoms with Crippen LogP contribution >= 0.6 is 0 Å². The van der Waals surface area contributed by atoms with Crippen LogP contribution in [0.4, 0.5) is 0 Å². The van der Waals surface area contributed by atoms with Crippen LogP contribution in [0.5, 0.6) is 0 Å². The van der Waals surface area contributed by atoms with Crippen molar-refractivity contribution in [2.24, 2.45) is 5.92 Å². The maximum atomic E-state index is 2.44. The number of rotatable bonds is 1. The Bertz CT molecular complexity index is 254. The standard InChI is InChI=1S/C12H23N3/c1-10-9-14(3)15(4)12(10)11-5-7-13(2)8-6-11/h9,11-12H,5-8H2,1-4H3. The normalized spacial score (nSPS) is 31.1. The summed E-state index contributed by atoms with van der Waals surface area (Å²) in [5.74, 6) is 0.840. The van der Waals surface area contributed by atoms with Crippen LogP contribution in [0.25, 0.3) is 0 Å². The molecule has 0 aliphatic carbocycles. The summed E-state index contributed by atoms with van der Waals surface area (Å²) in [4.78, 5) is 2.44. The lowest BCUT2D eigenvalue weighted by atomic mass is 9.86. The van der Waals surface area contributed by atoms with Crippen LogP contribution in [-0.2, 0) is 0 Å². The molecule has 0 radical (unpaired) electrons. The molecule has 0 bridgehead atoms. The lowest BCUT2D eigenvalue weighted by Gasteiger charge is -2.37. The molecule has 0 saturated carbocycles. The highest BCUT2D eigenvalue weighted by Crippen LogP contribution is 2.31. The third-order valence-corrected chi connectivity index (χ3v) is 3.97. The van der Waals surface area contributed by atoms with Gasteiger partial charge in [0.1, 0.15) is 0 Å². The molecule has 0 amide bonds. The van der Waals surface area contributed by atoms with Gasteiger partial charge in [-0.15, -0.1) is 0 Å². The van der Waals surface area contributed by atoms with E-state index in [1.165, 1.54) is 31.5 Å². The van der Waals surface area contributed by atoms with Gasteiger partial charge >= 0.3 is 0 Å². The molecule has 0 aromatic heterocycles. The van der Waals surface area contributed by atoms with Gasteiger partial charge in [-0.25, -0.2) is 5.01 Å². The Morgan fingerprint density at radius 3 is 2.20 bits per heavy atom. The number of likely N-dealkylation sites (tertiary alicyclic amines) is 1. The van der Waals surface area contributed by atoms with E-state index < -0.39 is 0 Å². The second-order valence-corrected chi connectivity index (χ2v) is 5.11. The van der Waals surface area contributed by atoms with Crippen molar-refractivity contribution in [3.8, 4) is 0 Å². The van der Waals surface area contributed by atoms with Crippen LogP contribution in [-0.4, -0.2) is 55.2 Å².